The van der Waals surface area contributed by atoms with Crippen molar-refractivity contribution >= 4 is 39.1 Å². The summed E-state index contributed by atoms with van der Waals surface area (Å²) in [5.74, 6) is -0.299. The zero-order valence-corrected chi connectivity index (χ0v) is 23.8. The number of likely N-dealkylation sites (N-methyl/N-ethyl adjacent to an activating group) is 1. The van der Waals surface area contributed by atoms with Crippen LogP contribution >= 0.6 is 11.6 Å². The molecular formula is C28H32ClN3O6S. The Labute approximate surface area is 234 Å². The van der Waals surface area contributed by atoms with E-state index in [0.29, 0.717) is 16.3 Å². The van der Waals surface area contributed by atoms with Gasteiger partial charge in [0, 0.05) is 31.1 Å². The predicted octanol–water partition coefficient (Wildman–Crippen LogP) is 3.51. The molecule has 0 aromatic heterocycles. The van der Waals surface area contributed by atoms with Gasteiger partial charge >= 0.3 is 0 Å². The van der Waals surface area contributed by atoms with Gasteiger partial charge in [0.1, 0.15) is 24.1 Å². The number of methoxy groups -OCH3 is 2. The number of ether oxygens (including phenoxy) is 2. The van der Waals surface area contributed by atoms with Crippen LogP contribution in [0, 0.1) is 0 Å². The summed E-state index contributed by atoms with van der Waals surface area (Å²) in [6, 6.07) is 19.9. The van der Waals surface area contributed by atoms with E-state index in [1.165, 1.54) is 38.3 Å². The van der Waals surface area contributed by atoms with Gasteiger partial charge in [-0.15, -0.1) is 0 Å². The molecule has 1 atom stereocenters. The fourth-order valence-corrected chi connectivity index (χ4v) is 5.20. The van der Waals surface area contributed by atoms with Crippen molar-refractivity contribution in [2.45, 2.75) is 19.0 Å². The molecule has 0 radical (unpaired) electrons. The van der Waals surface area contributed by atoms with E-state index in [1.54, 1.807) is 30.3 Å². The molecule has 3 aromatic carbocycles. The summed E-state index contributed by atoms with van der Waals surface area (Å²) in [5.41, 5.74) is 1.69. The number of sulfonamides is 1. The van der Waals surface area contributed by atoms with Crippen molar-refractivity contribution < 1.29 is 27.5 Å². The normalized spacial score (nSPS) is 11.8. The van der Waals surface area contributed by atoms with Crippen molar-refractivity contribution in [3.8, 4) is 11.5 Å². The predicted molar refractivity (Wildman–Crippen MR) is 152 cm³/mol. The second-order valence-corrected chi connectivity index (χ2v) is 11.1. The van der Waals surface area contributed by atoms with Crippen molar-refractivity contribution in [1.29, 1.82) is 0 Å². The summed E-state index contributed by atoms with van der Waals surface area (Å²) in [4.78, 5) is 28.5. The number of carbonyl (C=O) groups excluding carboxylic acids is 2. The van der Waals surface area contributed by atoms with E-state index in [9.17, 15) is 18.0 Å². The molecule has 3 rings (SSSR count). The van der Waals surface area contributed by atoms with Gasteiger partial charge in [0.25, 0.3) is 0 Å². The summed E-state index contributed by atoms with van der Waals surface area (Å²) in [5, 5.41) is 3.11. The van der Waals surface area contributed by atoms with Crippen molar-refractivity contribution in [2.75, 3.05) is 38.4 Å². The number of hydrogen-bond acceptors (Lipinski definition) is 6. The molecule has 0 heterocycles. The minimum Gasteiger partial charge on any atom is -0.497 e. The van der Waals surface area contributed by atoms with Gasteiger partial charge in [-0.3, -0.25) is 13.9 Å². The van der Waals surface area contributed by atoms with Gasteiger partial charge in [-0.2, -0.15) is 0 Å². The first kappa shape index (κ1) is 29.8. The highest BCUT2D eigenvalue weighted by atomic mass is 35.5. The van der Waals surface area contributed by atoms with Gasteiger partial charge in [-0.25, -0.2) is 8.42 Å². The van der Waals surface area contributed by atoms with Crippen LogP contribution in [0.1, 0.15) is 11.1 Å². The van der Waals surface area contributed by atoms with Gasteiger partial charge in [-0.05, 0) is 35.4 Å². The molecule has 39 heavy (non-hydrogen) atoms. The first-order valence-corrected chi connectivity index (χ1v) is 14.3. The van der Waals surface area contributed by atoms with Crippen LogP contribution < -0.4 is 19.1 Å². The zero-order chi connectivity index (χ0) is 28.6. The largest absolute Gasteiger partial charge is 0.497 e. The Bertz CT molecular complexity index is 1400. The number of amides is 2. The lowest BCUT2D eigenvalue weighted by Gasteiger charge is -2.33. The quantitative estimate of drug-likeness (QED) is 0.355. The Morgan fingerprint density at radius 1 is 0.949 bits per heavy atom. The van der Waals surface area contributed by atoms with Crippen LogP contribution in [-0.2, 0) is 32.6 Å². The average molecular weight is 574 g/mol. The first-order valence-electron chi connectivity index (χ1n) is 12.1. The second kappa shape index (κ2) is 13.3. The lowest BCUT2D eigenvalue weighted by atomic mass is 10.0. The molecule has 0 bridgehead atoms. The average Bonchev–Trinajstić information content (AvgIpc) is 2.92. The summed E-state index contributed by atoms with van der Waals surface area (Å²) < 4.78 is 37.5. The maximum absolute atomic E-state index is 14.0. The number of benzene rings is 3. The Hall–Kier alpha value is -3.76. The van der Waals surface area contributed by atoms with E-state index >= 15 is 0 Å². The summed E-state index contributed by atoms with van der Waals surface area (Å²) in [7, 11) is 0.422. The highest BCUT2D eigenvalue weighted by molar-refractivity contribution is 7.92. The number of anilines is 1. The van der Waals surface area contributed by atoms with Crippen molar-refractivity contribution in [2.24, 2.45) is 0 Å². The van der Waals surface area contributed by atoms with Gasteiger partial charge in [0.15, 0.2) is 0 Å². The van der Waals surface area contributed by atoms with E-state index in [2.05, 4.69) is 5.32 Å². The Morgan fingerprint density at radius 2 is 1.64 bits per heavy atom. The third kappa shape index (κ3) is 7.87. The van der Waals surface area contributed by atoms with E-state index in [0.717, 1.165) is 16.1 Å². The van der Waals surface area contributed by atoms with E-state index in [4.69, 9.17) is 21.1 Å². The number of nitrogens with one attached hydrogen (secondary N) is 1. The smallest absolute Gasteiger partial charge is 0.244 e. The number of carbonyl (C=O) groups is 2. The molecule has 0 unspecified atom stereocenters. The number of hydrogen-bond donors (Lipinski definition) is 1. The second-order valence-electron chi connectivity index (χ2n) is 8.78. The minimum absolute atomic E-state index is 0.0294. The maximum atomic E-state index is 14.0. The molecule has 0 saturated heterocycles. The molecule has 0 aliphatic rings. The fourth-order valence-electron chi connectivity index (χ4n) is 4.14. The maximum Gasteiger partial charge on any atom is 0.244 e. The molecule has 208 valence electrons. The molecule has 1 N–H and O–H groups in total. The van der Waals surface area contributed by atoms with Crippen molar-refractivity contribution in [1.82, 2.24) is 10.2 Å². The van der Waals surface area contributed by atoms with Crippen LogP contribution in [0.5, 0.6) is 11.5 Å². The van der Waals surface area contributed by atoms with Gasteiger partial charge in [0.05, 0.1) is 26.2 Å². The molecule has 2 amide bonds. The summed E-state index contributed by atoms with van der Waals surface area (Å²) in [6.07, 6.45) is 1.23. The molecule has 0 saturated carbocycles. The third-order valence-electron chi connectivity index (χ3n) is 6.09. The molecule has 3 aromatic rings. The summed E-state index contributed by atoms with van der Waals surface area (Å²) >= 11 is 6.19. The van der Waals surface area contributed by atoms with E-state index in [-0.39, 0.29) is 30.3 Å². The third-order valence-corrected chi connectivity index (χ3v) is 7.46. The minimum atomic E-state index is -3.95. The molecule has 0 fully saturated rings. The molecule has 0 aliphatic heterocycles. The first-order chi connectivity index (χ1) is 18.6. The van der Waals surface area contributed by atoms with Crippen LogP contribution in [-0.4, -0.2) is 65.2 Å². The number of halogens is 1. The van der Waals surface area contributed by atoms with E-state index < -0.39 is 28.5 Å². The monoisotopic (exact) mass is 573 g/mol. The standard InChI is InChI=1S/C28H32ClN3O6S/c1-30-28(34)25(16-20-9-6-5-7-10-20)31(18-21-11-8-12-22(29)15-21)27(33)19-32(39(4,35)36)24-14-13-23(37-2)17-26(24)38-3/h5-15,17,25H,16,18-19H2,1-4H3,(H,30,34)/t25-/m1/s1. The SMILES string of the molecule is CNC(=O)[C@@H](Cc1ccccc1)N(Cc1cccc(Cl)c1)C(=O)CN(c1ccc(OC)cc1OC)S(C)(=O)=O. The van der Waals surface area contributed by atoms with E-state index in [1.807, 2.05) is 30.3 Å². The van der Waals surface area contributed by atoms with Crippen LogP contribution in [0.15, 0.2) is 72.8 Å². The fraction of sp³-hybridized carbons (Fsp3) is 0.286. The lowest BCUT2D eigenvalue weighted by Crippen LogP contribution is -2.52. The zero-order valence-electron chi connectivity index (χ0n) is 22.3. The Morgan fingerprint density at radius 3 is 2.23 bits per heavy atom. The topological polar surface area (TPSA) is 105 Å². The molecule has 0 spiro atoms. The van der Waals surface area contributed by atoms with Crippen LogP contribution in [0.4, 0.5) is 5.69 Å². The van der Waals surface area contributed by atoms with Crippen LogP contribution in [0.2, 0.25) is 5.02 Å². The number of rotatable bonds is 12. The van der Waals surface area contributed by atoms with Crippen LogP contribution in [0.3, 0.4) is 0 Å². The Balaban J connectivity index is 2.06. The Kier molecular flexibility index (Phi) is 10.2. The highest BCUT2D eigenvalue weighted by Gasteiger charge is 2.33. The highest BCUT2D eigenvalue weighted by Crippen LogP contribution is 2.34. The van der Waals surface area contributed by atoms with Gasteiger partial charge in [-0.1, -0.05) is 54.1 Å². The van der Waals surface area contributed by atoms with Gasteiger partial charge < -0.3 is 19.7 Å². The molecule has 9 nitrogen and oxygen atoms in total. The van der Waals surface area contributed by atoms with Crippen LogP contribution in [0.25, 0.3) is 0 Å². The molecule has 11 heteroatoms. The molecule has 0 aliphatic carbocycles. The number of nitrogens with zero attached hydrogens (tertiary/aromatic N) is 2. The van der Waals surface area contributed by atoms with Crippen molar-refractivity contribution in [3.05, 3.63) is 88.9 Å². The van der Waals surface area contributed by atoms with Gasteiger partial charge in [0.2, 0.25) is 21.8 Å². The summed E-state index contributed by atoms with van der Waals surface area (Å²) in [6.45, 7) is -0.536. The lowest BCUT2D eigenvalue weighted by molar-refractivity contribution is -0.139. The molecular weight excluding hydrogens is 542 g/mol. The van der Waals surface area contributed by atoms with Crippen molar-refractivity contribution in [3.63, 3.8) is 0 Å².